The monoisotopic (exact) mass is 307 g/mol. The molecule has 0 bridgehead atoms. The Bertz CT molecular complexity index is 546. The Labute approximate surface area is 128 Å². The van der Waals surface area contributed by atoms with Gasteiger partial charge in [0.1, 0.15) is 5.76 Å². The molecule has 2 aromatic rings. The van der Waals surface area contributed by atoms with Crippen molar-refractivity contribution in [2.75, 3.05) is 5.32 Å². The number of thioether (sulfide) groups is 1. The van der Waals surface area contributed by atoms with Gasteiger partial charge in [0.2, 0.25) is 0 Å². The van der Waals surface area contributed by atoms with Gasteiger partial charge in [-0.25, -0.2) is 0 Å². The Morgan fingerprint density at radius 3 is 2.50 bits per heavy atom. The second kappa shape index (κ2) is 6.59. The van der Waals surface area contributed by atoms with Crippen LogP contribution >= 0.6 is 23.4 Å². The molecule has 0 atom stereocenters. The van der Waals surface area contributed by atoms with Gasteiger partial charge in [-0.2, -0.15) is 0 Å². The molecule has 0 unspecified atom stereocenters. The van der Waals surface area contributed by atoms with Crippen LogP contribution in [-0.4, -0.2) is 5.25 Å². The molecule has 0 radical (unpaired) electrons. The molecule has 1 N–H and O–H groups in total. The number of halogens is 1. The molecule has 0 amide bonds. The van der Waals surface area contributed by atoms with Crippen molar-refractivity contribution >= 4 is 29.1 Å². The topological polar surface area (TPSA) is 25.2 Å². The maximum atomic E-state index is 5.75. The average molecular weight is 308 g/mol. The van der Waals surface area contributed by atoms with Crippen molar-refractivity contribution in [3.05, 3.63) is 47.4 Å². The minimum Gasteiger partial charge on any atom is -0.448 e. The molecule has 3 rings (SSSR count). The number of rotatable bonds is 5. The van der Waals surface area contributed by atoms with Crippen LogP contribution in [0.25, 0.3) is 0 Å². The minimum absolute atomic E-state index is 0.435. The molecule has 106 valence electrons. The van der Waals surface area contributed by atoms with E-state index in [1.807, 2.05) is 17.8 Å². The summed E-state index contributed by atoms with van der Waals surface area (Å²) >= 11 is 7.76. The van der Waals surface area contributed by atoms with E-state index in [-0.39, 0.29) is 0 Å². The normalized spacial score (nSPS) is 15.7. The molecule has 4 heteroatoms. The lowest BCUT2D eigenvalue weighted by Crippen LogP contribution is -1.98. The third kappa shape index (κ3) is 3.74. The molecule has 1 fully saturated rings. The summed E-state index contributed by atoms with van der Waals surface area (Å²) in [6, 6.07) is 12.3. The van der Waals surface area contributed by atoms with Gasteiger partial charge >= 0.3 is 0 Å². The van der Waals surface area contributed by atoms with Gasteiger partial charge in [0.05, 0.1) is 6.54 Å². The Hall–Kier alpha value is -1.06. The van der Waals surface area contributed by atoms with Crippen molar-refractivity contribution in [2.45, 2.75) is 42.4 Å². The van der Waals surface area contributed by atoms with Gasteiger partial charge < -0.3 is 9.73 Å². The number of anilines is 1. The van der Waals surface area contributed by atoms with Gasteiger partial charge in [-0.15, -0.1) is 11.8 Å². The molecule has 1 saturated carbocycles. The minimum atomic E-state index is 0.435. The highest BCUT2D eigenvalue weighted by atomic mass is 35.5. The van der Waals surface area contributed by atoms with Crippen LogP contribution in [0, 0.1) is 0 Å². The summed E-state index contributed by atoms with van der Waals surface area (Å²) in [5.41, 5.74) is 1.10. The lowest BCUT2D eigenvalue weighted by Gasteiger charge is -2.10. The quantitative estimate of drug-likeness (QED) is 0.780. The summed E-state index contributed by atoms with van der Waals surface area (Å²) in [5, 5.41) is 4.59. The summed E-state index contributed by atoms with van der Waals surface area (Å²) in [5.74, 6) is 0.847. The van der Waals surface area contributed by atoms with Crippen LogP contribution in [-0.2, 0) is 6.54 Å². The van der Waals surface area contributed by atoms with Crippen molar-refractivity contribution in [3.8, 4) is 0 Å². The highest BCUT2D eigenvalue weighted by Gasteiger charge is 2.15. The van der Waals surface area contributed by atoms with Crippen LogP contribution in [0.5, 0.6) is 0 Å². The molecule has 0 aliphatic heterocycles. The average Bonchev–Trinajstić information content (AvgIpc) is 3.10. The van der Waals surface area contributed by atoms with E-state index in [0.29, 0.717) is 11.8 Å². The Kier molecular flexibility index (Phi) is 4.58. The van der Waals surface area contributed by atoms with Crippen LogP contribution in [0.1, 0.15) is 31.4 Å². The largest absolute Gasteiger partial charge is 0.448 e. The molecule has 1 aliphatic carbocycles. The smallest absolute Gasteiger partial charge is 0.193 e. The van der Waals surface area contributed by atoms with E-state index in [9.17, 15) is 0 Å². The number of hydrogen-bond acceptors (Lipinski definition) is 3. The first-order valence-electron chi connectivity index (χ1n) is 7.04. The Morgan fingerprint density at radius 1 is 1.10 bits per heavy atom. The molecule has 1 aromatic carbocycles. The third-order valence-electron chi connectivity index (χ3n) is 3.55. The van der Waals surface area contributed by atoms with E-state index >= 15 is 0 Å². The fourth-order valence-electron chi connectivity index (χ4n) is 2.49. The Balaban J connectivity index is 1.52. The van der Waals surface area contributed by atoms with E-state index < -0.39 is 0 Å². The first-order chi connectivity index (χ1) is 9.79. The van der Waals surface area contributed by atoms with Crippen LogP contribution in [0.4, 0.5) is 5.69 Å². The standard InChI is InChI=1S/C16H18ClNOS/c17-16-10-7-13(19-16)11-18-12-5-8-15(9-6-12)20-14-3-1-2-4-14/h5-10,14,18H,1-4,11H2. The molecule has 20 heavy (non-hydrogen) atoms. The molecule has 0 spiro atoms. The molecule has 2 nitrogen and oxygen atoms in total. The zero-order chi connectivity index (χ0) is 13.8. The predicted octanol–water partition coefficient (Wildman–Crippen LogP) is 5.58. The zero-order valence-corrected chi connectivity index (χ0v) is 12.8. The first kappa shape index (κ1) is 13.9. The van der Waals surface area contributed by atoms with Crippen LogP contribution in [0.2, 0.25) is 5.22 Å². The summed E-state index contributed by atoms with van der Waals surface area (Å²) in [7, 11) is 0. The maximum Gasteiger partial charge on any atom is 0.193 e. The highest BCUT2D eigenvalue weighted by molar-refractivity contribution is 8.00. The molecular formula is C16H18ClNOS. The number of nitrogens with one attached hydrogen (secondary N) is 1. The molecule has 1 aromatic heterocycles. The lowest BCUT2D eigenvalue weighted by atomic mass is 10.3. The number of hydrogen-bond donors (Lipinski definition) is 1. The SMILES string of the molecule is Clc1ccc(CNc2ccc(SC3CCCC3)cc2)o1. The molecule has 0 saturated heterocycles. The highest BCUT2D eigenvalue weighted by Crippen LogP contribution is 2.34. The fourth-order valence-corrected chi connectivity index (χ4v) is 3.90. The summed E-state index contributed by atoms with van der Waals surface area (Å²) in [4.78, 5) is 1.36. The van der Waals surface area contributed by atoms with Crippen LogP contribution in [0.15, 0.2) is 45.7 Å². The zero-order valence-electron chi connectivity index (χ0n) is 11.3. The fraction of sp³-hybridized carbons (Fsp3) is 0.375. The second-order valence-corrected chi connectivity index (χ2v) is 6.85. The van der Waals surface area contributed by atoms with Crippen LogP contribution < -0.4 is 5.32 Å². The first-order valence-corrected chi connectivity index (χ1v) is 8.30. The number of furan rings is 1. The Morgan fingerprint density at radius 2 is 1.85 bits per heavy atom. The van der Waals surface area contributed by atoms with E-state index in [2.05, 4.69) is 29.6 Å². The maximum absolute atomic E-state index is 5.75. The van der Waals surface area contributed by atoms with Crippen LogP contribution in [0.3, 0.4) is 0 Å². The summed E-state index contributed by atoms with van der Waals surface area (Å²) in [6.07, 6.45) is 5.51. The lowest BCUT2D eigenvalue weighted by molar-refractivity contribution is 0.520. The second-order valence-electron chi connectivity index (χ2n) is 5.11. The van der Waals surface area contributed by atoms with Crippen molar-refractivity contribution in [2.24, 2.45) is 0 Å². The van der Waals surface area contributed by atoms with E-state index in [1.54, 1.807) is 6.07 Å². The van der Waals surface area contributed by atoms with Gasteiger partial charge in [0, 0.05) is 15.8 Å². The molecule has 1 aliphatic rings. The van der Waals surface area contributed by atoms with Crippen molar-refractivity contribution in [3.63, 3.8) is 0 Å². The molecule has 1 heterocycles. The van der Waals surface area contributed by atoms with E-state index in [4.69, 9.17) is 16.0 Å². The molecular weight excluding hydrogens is 290 g/mol. The van der Waals surface area contributed by atoms with Gasteiger partial charge in [0.25, 0.3) is 0 Å². The van der Waals surface area contributed by atoms with Crippen molar-refractivity contribution in [1.82, 2.24) is 0 Å². The van der Waals surface area contributed by atoms with Crippen molar-refractivity contribution in [1.29, 1.82) is 0 Å². The van der Waals surface area contributed by atoms with Crippen molar-refractivity contribution < 1.29 is 4.42 Å². The third-order valence-corrected chi connectivity index (χ3v) is 5.11. The van der Waals surface area contributed by atoms with Gasteiger partial charge in [-0.3, -0.25) is 0 Å². The van der Waals surface area contributed by atoms with Gasteiger partial charge in [0.15, 0.2) is 5.22 Å². The summed E-state index contributed by atoms with van der Waals surface area (Å²) < 4.78 is 5.32. The number of benzene rings is 1. The van der Waals surface area contributed by atoms with Gasteiger partial charge in [-0.05, 0) is 60.8 Å². The van der Waals surface area contributed by atoms with E-state index in [0.717, 1.165) is 16.7 Å². The van der Waals surface area contributed by atoms with Gasteiger partial charge in [-0.1, -0.05) is 12.8 Å². The summed E-state index contributed by atoms with van der Waals surface area (Å²) in [6.45, 7) is 0.655. The van der Waals surface area contributed by atoms with E-state index in [1.165, 1.54) is 30.6 Å². The predicted molar refractivity (Wildman–Crippen MR) is 85.6 cm³/mol.